The molecule has 2 aromatic carbocycles. The number of halogens is 4. The molecule has 2 amide bonds. The van der Waals surface area contributed by atoms with Crippen LogP contribution in [0.4, 0.5) is 5.69 Å². The van der Waals surface area contributed by atoms with Crippen LogP contribution in [-0.2, 0) is 3.79 Å². The third kappa shape index (κ3) is 2.48. The molecule has 22 heavy (non-hydrogen) atoms. The third-order valence-corrected chi connectivity index (χ3v) is 4.14. The molecule has 3 rings (SSSR count). The van der Waals surface area contributed by atoms with Gasteiger partial charge in [0.05, 0.1) is 16.8 Å². The van der Waals surface area contributed by atoms with Crippen molar-refractivity contribution in [3.8, 4) is 0 Å². The third-order valence-electron chi connectivity index (χ3n) is 3.30. The molecule has 1 aliphatic heterocycles. The van der Waals surface area contributed by atoms with Crippen molar-refractivity contribution in [1.82, 2.24) is 0 Å². The number of carbonyl (C=O) groups is 2. The monoisotopic (exact) mass is 373 g/mol. The molecule has 1 heterocycles. The fourth-order valence-electron chi connectivity index (χ4n) is 2.34. The molecule has 0 unspecified atom stereocenters. The Morgan fingerprint density at radius 1 is 0.864 bits per heavy atom. The molecule has 112 valence electrons. The Bertz CT molecular complexity index is 763. The molecule has 1 aliphatic rings. The number of imide groups is 1. The van der Waals surface area contributed by atoms with Gasteiger partial charge in [-0.25, -0.2) is 4.90 Å². The first-order chi connectivity index (χ1) is 10.3. The van der Waals surface area contributed by atoms with E-state index in [2.05, 4.69) is 0 Å². The quantitative estimate of drug-likeness (QED) is 0.522. The maximum Gasteiger partial charge on any atom is 0.266 e. The van der Waals surface area contributed by atoms with Crippen molar-refractivity contribution in [2.75, 3.05) is 4.90 Å². The molecule has 3 nitrogen and oxygen atoms in total. The molecule has 0 bridgehead atoms. The lowest BCUT2D eigenvalue weighted by Gasteiger charge is -2.22. The lowest BCUT2D eigenvalue weighted by atomic mass is 10.1. The van der Waals surface area contributed by atoms with Crippen molar-refractivity contribution in [2.24, 2.45) is 0 Å². The van der Waals surface area contributed by atoms with E-state index in [0.717, 1.165) is 4.90 Å². The lowest BCUT2D eigenvalue weighted by Crippen LogP contribution is -2.31. The minimum Gasteiger partial charge on any atom is -0.268 e. The predicted octanol–water partition coefficient (Wildman–Crippen LogP) is 4.97. The number of fused-ring (bicyclic) bond motifs is 1. The second kappa shape index (κ2) is 5.43. The van der Waals surface area contributed by atoms with E-state index in [1.54, 1.807) is 24.3 Å². The topological polar surface area (TPSA) is 37.4 Å². The molecular formula is C15H7Cl4NO2. The van der Waals surface area contributed by atoms with Gasteiger partial charge >= 0.3 is 0 Å². The van der Waals surface area contributed by atoms with Crippen LogP contribution >= 0.6 is 46.4 Å². The number of alkyl halides is 3. The van der Waals surface area contributed by atoms with Crippen molar-refractivity contribution in [2.45, 2.75) is 3.79 Å². The summed E-state index contributed by atoms with van der Waals surface area (Å²) in [5.41, 5.74) is 1.01. The Labute approximate surface area is 146 Å². The van der Waals surface area contributed by atoms with Gasteiger partial charge in [-0.2, -0.15) is 0 Å². The van der Waals surface area contributed by atoms with Crippen molar-refractivity contribution >= 4 is 63.9 Å². The zero-order valence-electron chi connectivity index (χ0n) is 10.8. The summed E-state index contributed by atoms with van der Waals surface area (Å²) in [4.78, 5) is 26.0. The van der Waals surface area contributed by atoms with E-state index in [0.29, 0.717) is 16.1 Å². The fraction of sp³-hybridized carbons (Fsp3) is 0.0667. The van der Waals surface area contributed by atoms with Crippen LogP contribution in [0, 0.1) is 0 Å². The average Bonchev–Trinajstić information content (AvgIpc) is 2.71. The minimum absolute atomic E-state index is 0.166. The Morgan fingerprint density at radius 3 is 1.91 bits per heavy atom. The highest BCUT2D eigenvalue weighted by atomic mass is 35.6. The van der Waals surface area contributed by atoms with Crippen molar-refractivity contribution in [3.63, 3.8) is 0 Å². The van der Waals surface area contributed by atoms with Crippen LogP contribution in [0.5, 0.6) is 0 Å². The first kappa shape index (κ1) is 15.6. The number of nitrogens with zero attached hydrogens (tertiary/aromatic N) is 1. The molecule has 0 spiro atoms. The largest absolute Gasteiger partial charge is 0.268 e. The van der Waals surface area contributed by atoms with Gasteiger partial charge in [-0.1, -0.05) is 58.5 Å². The molecule has 0 fully saturated rings. The maximum atomic E-state index is 12.5. The molecule has 0 saturated carbocycles. The zero-order valence-corrected chi connectivity index (χ0v) is 13.8. The summed E-state index contributed by atoms with van der Waals surface area (Å²) < 4.78 is -1.82. The summed E-state index contributed by atoms with van der Waals surface area (Å²) in [6.45, 7) is 0. The molecule has 0 atom stereocenters. The zero-order chi connectivity index (χ0) is 16.1. The van der Waals surface area contributed by atoms with Crippen LogP contribution < -0.4 is 4.90 Å². The van der Waals surface area contributed by atoms with Crippen LogP contribution in [-0.4, -0.2) is 11.8 Å². The van der Waals surface area contributed by atoms with Crippen molar-refractivity contribution < 1.29 is 9.59 Å². The summed E-state index contributed by atoms with van der Waals surface area (Å²) in [6.07, 6.45) is 0. The van der Waals surface area contributed by atoms with E-state index < -0.39 is 15.6 Å². The van der Waals surface area contributed by atoms with Gasteiger partial charge in [0.25, 0.3) is 11.8 Å². The number of carbonyl (C=O) groups excluding carboxylic acids is 2. The summed E-state index contributed by atoms with van der Waals surface area (Å²) in [7, 11) is 0. The van der Waals surface area contributed by atoms with Gasteiger partial charge in [0, 0.05) is 10.6 Å². The number of hydrogen-bond donors (Lipinski definition) is 0. The van der Waals surface area contributed by atoms with Gasteiger partial charge in [0.15, 0.2) is 0 Å². The Hall–Kier alpha value is -1.26. The minimum atomic E-state index is -1.82. The van der Waals surface area contributed by atoms with Crippen LogP contribution in [0.15, 0.2) is 42.5 Å². The predicted molar refractivity (Wildman–Crippen MR) is 88.3 cm³/mol. The summed E-state index contributed by atoms with van der Waals surface area (Å²) in [6, 6.07) is 11.0. The van der Waals surface area contributed by atoms with Crippen molar-refractivity contribution in [3.05, 3.63) is 64.2 Å². The first-order valence-electron chi connectivity index (χ1n) is 6.15. The standard InChI is InChI=1S/C15H7Cl4NO2/c16-8-5-6-12(11(7-8)15(17,18)19)20-13(21)9-3-1-2-4-10(9)14(20)22/h1-7H. The molecule has 0 N–H and O–H groups in total. The van der Waals surface area contributed by atoms with E-state index in [4.69, 9.17) is 46.4 Å². The summed E-state index contributed by atoms with van der Waals surface area (Å²) in [5.74, 6) is -0.920. The molecule has 0 radical (unpaired) electrons. The van der Waals surface area contributed by atoms with Gasteiger partial charge in [-0.05, 0) is 30.3 Å². The highest BCUT2D eigenvalue weighted by Gasteiger charge is 2.40. The Morgan fingerprint density at radius 2 is 1.41 bits per heavy atom. The van der Waals surface area contributed by atoms with Gasteiger partial charge in [-0.15, -0.1) is 0 Å². The Balaban J connectivity index is 2.19. The van der Waals surface area contributed by atoms with Crippen LogP contribution in [0.2, 0.25) is 5.02 Å². The lowest BCUT2D eigenvalue weighted by molar-refractivity contribution is 0.0926. The fourth-order valence-corrected chi connectivity index (χ4v) is 2.96. The van der Waals surface area contributed by atoms with E-state index in [1.807, 2.05) is 0 Å². The van der Waals surface area contributed by atoms with Crippen LogP contribution in [0.1, 0.15) is 26.3 Å². The number of amides is 2. The first-order valence-corrected chi connectivity index (χ1v) is 7.66. The average molecular weight is 375 g/mol. The van der Waals surface area contributed by atoms with Crippen molar-refractivity contribution in [1.29, 1.82) is 0 Å². The second-order valence-corrected chi connectivity index (χ2v) is 7.37. The van der Waals surface area contributed by atoms with E-state index in [9.17, 15) is 9.59 Å². The van der Waals surface area contributed by atoms with E-state index in [-0.39, 0.29) is 11.3 Å². The Kier molecular flexibility index (Phi) is 3.86. The normalized spacial score (nSPS) is 14.5. The van der Waals surface area contributed by atoms with Crippen LogP contribution in [0.25, 0.3) is 0 Å². The van der Waals surface area contributed by atoms with E-state index >= 15 is 0 Å². The highest BCUT2D eigenvalue weighted by molar-refractivity contribution is 6.67. The number of anilines is 1. The summed E-state index contributed by atoms with van der Waals surface area (Å²) >= 11 is 23.8. The molecular weight excluding hydrogens is 368 g/mol. The number of benzene rings is 2. The van der Waals surface area contributed by atoms with Gasteiger partial charge < -0.3 is 0 Å². The number of rotatable bonds is 1. The van der Waals surface area contributed by atoms with Crippen LogP contribution in [0.3, 0.4) is 0 Å². The molecule has 0 aliphatic carbocycles. The summed E-state index contributed by atoms with van der Waals surface area (Å²) in [5, 5.41) is 0.335. The molecule has 0 aromatic heterocycles. The SMILES string of the molecule is O=C1c2ccccc2C(=O)N1c1ccc(Cl)cc1C(Cl)(Cl)Cl. The highest BCUT2D eigenvalue weighted by Crippen LogP contribution is 2.45. The van der Waals surface area contributed by atoms with E-state index in [1.165, 1.54) is 18.2 Å². The molecule has 2 aromatic rings. The maximum absolute atomic E-state index is 12.5. The van der Waals surface area contributed by atoms with Gasteiger partial charge in [0.1, 0.15) is 0 Å². The second-order valence-electron chi connectivity index (χ2n) is 4.65. The van der Waals surface area contributed by atoms with Gasteiger partial charge in [0.2, 0.25) is 3.79 Å². The molecule has 7 heteroatoms. The molecule has 0 saturated heterocycles. The number of hydrogen-bond acceptors (Lipinski definition) is 2. The van der Waals surface area contributed by atoms with Gasteiger partial charge in [-0.3, -0.25) is 9.59 Å². The smallest absolute Gasteiger partial charge is 0.266 e.